The third kappa shape index (κ3) is 5.27. The van der Waals surface area contributed by atoms with Crippen LogP contribution in [0.2, 0.25) is 0 Å². The maximum absolute atomic E-state index is 12.5. The normalized spacial score (nSPS) is 10.5. The number of esters is 1. The van der Waals surface area contributed by atoms with Crippen molar-refractivity contribution >= 4 is 34.3 Å². The highest BCUT2D eigenvalue weighted by Gasteiger charge is 2.13. The second kappa shape index (κ2) is 9.82. The van der Waals surface area contributed by atoms with Crippen molar-refractivity contribution in [3.8, 4) is 17.0 Å². The van der Waals surface area contributed by atoms with Crippen molar-refractivity contribution in [1.82, 2.24) is 4.98 Å². The SMILES string of the molecule is COC(=O)COc1cc(-c2ccccc2)nc2ccc(NC(=O)Nc3ccccc3C)cc12. The minimum absolute atomic E-state index is 0.241. The monoisotopic (exact) mass is 441 g/mol. The van der Waals surface area contributed by atoms with Crippen LogP contribution in [0.15, 0.2) is 78.9 Å². The molecule has 0 bridgehead atoms. The number of carbonyl (C=O) groups excluding carboxylic acids is 2. The van der Waals surface area contributed by atoms with Gasteiger partial charge in [0.25, 0.3) is 0 Å². The molecule has 2 amide bonds. The highest BCUT2D eigenvalue weighted by atomic mass is 16.6. The summed E-state index contributed by atoms with van der Waals surface area (Å²) < 4.78 is 10.5. The minimum atomic E-state index is -0.492. The van der Waals surface area contributed by atoms with Gasteiger partial charge in [0, 0.05) is 28.4 Å². The Morgan fingerprint density at radius 3 is 2.42 bits per heavy atom. The predicted molar refractivity (Wildman–Crippen MR) is 129 cm³/mol. The Balaban J connectivity index is 1.65. The number of rotatable bonds is 6. The van der Waals surface area contributed by atoms with Gasteiger partial charge in [-0.15, -0.1) is 0 Å². The lowest BCUT2D eigenvalue weighted by Gasteiger charge is -2.13. The number of pyridine rings is 1. The van der Waals surface area contributed by atoms with Crippen molar-refractivity contribution in [3.63, 3.8) is 0 Å². The summed E-state index contributed by atoms with van der Waals surface area (Å²) in [4.78, 5) is 28.9. The van der Waals surface area contributed by atoms with Crippen LogP contribution in [-0.2, 0) is 9.53 Å². The van der Waals surface area contributed by atoms with E-state index in [4.69, 9.17) is 14.5 Å². The average Bonchev–Trinajstić information content (AvgIpc) is 2.84. The Hall–Kier alpha value is -4.39. The Kier molecular flexibility index (Phi) is 6.50. The Bertz CT molecular complexity index is 1310. The molecule has 1 heterocycles. The Morgan fingerprint density at radius 1 is 0.909 bits per heavy atom. The van der Waals surface area contributed by atoms with Gasteiger partial charge in [0.1, 0.15) is 5.75 Å². The largest absolute Gasteiger partial charge is 0.481 e. The van der Waals surface area contributed by atoms with Crippen molar-refractivity contribution in [2.45, 2.75) is 6.92 Å². The van der Waals surface area contributed by atoms with Gasteiger partial charge in [0.2, 0.25) is 0 Å². The summed E-state index contributed by atoms with van der Waals surface area (Å²) in [6.07, 6.45) is 0. The van der Waals surface area contributed by atoms with E-state index in [0.29, 0.717) is 28.0 Å². The van der Waals surface area contributed by atoms with Gasteiger partial charge in [-0.05, 0) is 36.8 Å². The lowest BCUT2D eigenvalue weighted by molar-refractivity contribution is -0.142. The Morgan fingerprint density at radius 2 is 1.67 bits per heavy atom. The molecule has 33 heavy (non-hydrogen) atoms. The van der Waals surface area contributed by atoms with E-state index in [2.05, 4.69) is 10.6 Å². The van der Waals surface area contributed by atoms with Crippen LogP contribution in [0.5, 0.6) is 5.75 Å². The molecular formula is C26H23N3O4. The number of aromatic nitrogens is 1. The summed E-state index contributed by atoms with van der Waals surface area (Å²) in [6.45, 7) is 1.68. The van der Waals surface area contributed by atoms with Gasteiger partial charge in [-0.2, -0.15) is 0 Å². The lowest BCUT2D eigenvalue weighted by Crippen LogP contribution is -2.19. The average molecular weight is 441 g/mol. The van der Waals surface area contributed by atoms with E-state index < -0.39 is 5.97 Å². The first kappa shape index (κ1) is 21.8. The van der Waals surface area contributed by atoms with Gasteiger partial charge >= 0.3 is 12.0 Å². The molecule has 7 heteroatoms. The number of aryl methyl sites for hydroxylation is 1. The third-order valence-corrected chi connectivity index (χ3v) is 5.06. The molecule has 0 aliphatic rings. The third-order valence-electron chi connectivity index (χ3n) is 5.06. The van der Waals surface area contributed by atoms with Crippen LogP contribution < -0.4 is 15.4 Å². The molecule has 2 N–H and O–H groups in total. The molecule has 1 aromatic heterocycles. The first-order valence-corrected chi connectivity index (χ1v) is 10.4. The number of ether oxygens (including phenoxy) is 2. The molecule has 0 fully saturated rings. The lowest BCUT2D eigenvalue weighted by atomic mass is 10.1. The van der Waals surface area contributed by atoms with Crippen molar-refractivity contribution < 1.29 is 19.1 Å². The van der Waals surface area contributed by atoms with Crippen LogP contribution in [0.3, 0.4) is 0 Å². The number of urea groups is 1. The van der Waals surface area contributed by atoms with E-state index in [1.54, 1.807) is 24.3 Å². The summed E-state index contributed by atoms with van der Waals surface area (Å²) in [6, 6.07) is 24.0. The molecule has 0 saturated carbocycles. The topological polar surface area (TPSA) is 89.6 Å². The molecular weight excluding hydrogens is 418 g/mol. The molecule has 0 aliphatic heterocycles. The summed E-state index contributed by atoms with van der Waals surface area (Å²) in [5.41, 5.74) is 4.55. The standard InChI is InChI=1S/C26H23N3O4/c1-17-8-6-7-11-21(17)29-26(31)27-19-12-13-22-20(14-19)24(33-16-25(30)32-2)15-23(28-22)18-9-4-3-5-10-18/h3-15H,16H2,1-2H3,(H2,27,29,31). The van der Waals surface area contributed by atoms with Gasteiger partial charge in [0.15, 0.2) is 6.61 Å². The maximum atomic E-state index is 12.5. The molecule has 0 radical (unpaired) electrons. The summed E-state index contributed by atoms with van der Waals surface area (Å²) in [5, 5.41) is 6.34. The summed E-state index contributed by atoms with van der Waals surface area (Å²) >= 11 is 0. The van der Waals surface area contributed by atoms with Crippen molar-refractivity contribution in [2.75, 3.05) is 24.4 Å². The molecule has 7 nitrogen and oxygen atoms in total. The van der Waals surface area contributed by atoms with Crippen LogP contribution in [-0.4, -0.2) is 30.7 Å². The smallest absolute Gasteiger partial charge is 0.343 e. The van der Waals surface area contributed by atoms with Gasteiger partial charge in [0.05, 0.1) is 18.3 Å². The quantitative estimate of drug-likeness (QED) is 0.391. The number of hydrogen-bond acceptors (Lipinski definition) is 5. The van der Waals surface area contributed by atoms with E-state index in [1.165, 1.54) is 7.11 Å². The molecule has 0 saturated heterocycles. The van der Waals surface area contributed by atoms with Crippen LogP contribution in [0.25, 0.3) is 22.2 Å². The summed E-state index contributed by atoms with van der Waals surface area (Å²) in [5.74, 6) is -0.0275. The van der Waals surface area contributed by atoms with E-state index in [-0.39, 0.29) is 12.6 Å². The fraction of sp³-hybridized carbons (Fsp3) is 0.115. The maximum Gasteiger partial charge on any atom is 0.343 e. The highest BCUT2D eigenvalue weighted by molar-refractivity contribution is 6.02. The number of amides is 2. The molecule has 4 rings (SSSR count). The Labute approximate surface area is 191 Å². The van der Waals surface area contributed by atoms with Crippen LogP contribution in [0.1, 0.15) is 5.56 Å². The number of nitrogens with zero attached hydrogens (tertiary/aromatic N) is 1. The number of fused-ring (bicyclic) bond motifs is 1. The van der Waals surface area contributed by atoms with Gasteiger partial charge in [-0.25, -0.2) is 14.6 Å². The van der Waals surface area contributed by atoms with Gasteiger partial charge < -0.3 is 20.1 Å². The number of nitrogens with one attached hydrogen (secondary N) is 2. The number of methoxy groups -OCH3 is 1. The predicted octanol–water partition coefficient (Wildman–Crippen LogP) is 5.41. The molecule has 0 unspecified atom stereocenters. The number of hydrogen-bond donors (Lipinski definition) is 2. The molecule has 0 atom stereocenters. The van der Waals surface area contributed by atoms with Crippen LogP contribution in [0.4, 0.5) is 16.2 Å². The number of benzene rings is 3. The van der Waals surface area contributed by atoms with E-state index in [1.807, 2.05) is 61.5 Å². The number of para-hydroxylation sites is 1. The van der Waals surface area contributed by atoms with Gasteiger partial charge in [-0.1, -0.05) is 48.5 Å². The summed E-state index contributed by atoms with van der Waals surface area (Å²) in [7, 11) is 1.31. The zero-order valence-electron chi connectivity index (χ0n) is 18.3. The van der Waals surface area contributed by atoms with Crippen molar-refractivity contribution in [3.05, 3.63) is 84.4 Å². The van der Waals surface area contributed by atoms with Crippen LogP contribution in [0, 0.1) is 6.92 Å². The molecule has 166 valence electrons. The van der Waals surface area contributed by atoms with E-state index >= 15 is 0 Å². The zero-order chi connectivity index (χ0) is 23.2. The van der Waals surface area contributed by atoms with Crippen molar-refractivity contribution in [2.24, 2.45) is 0 Å². The zero-order valence-corrected chi connectivity index (χ0v) is 18.3. The molecule has 0 aliphatic carbocycles. The number of anilines is 2. The molecule has 3 aromatic carbocycles. The first-order chi connectivity index (χ1) is 16.0. The minimum Gasteiger partial charge on any atom is -0.481 e. The van der Waals surface area contributed by atoms with Gasteiger partial charge in [-0.3, -0.25) is 0 Å². The van der Waals surface area contributed by atoms with Crippen molar-refractivity contribution in [1.29, 1.82) is 0 Å². The fourth-order valence-corrected chi connectivity index (χ4v) is 3.34. The van der Waals surface area contributed by atoms with E-state index in [0.717, 1.165) is 16.8 Å². The molecule has 4 aromatic rings. The van der Waals surface area contributed by atoms with Crippen LogP contribution >= 0.6 is 0 Å². The second-order valence-corrected chi connectivity index (χ2v) is 7.36. The van der Waals surface area contributed by atoms with E-state index in [9.17, 15) is 9.59 Å². The number of carbonyl (C=O) groups is 2. The second-order valence-electron chi connectivity index (χ2n) is 7.36. The fourth-order valence-electron chi connectivity index (χ4n) is 3.34. The highest BCUT2D eigenvalue weighted by Crippen LogP contribution is 2.32. The first-order valence-electron chi connectivity index (χ1n) is 10.4. The molecule has 0 spiro atoms.